The summed E-state index contributed by atoms with van der Waals surface area (Å²) < 4.78 is 6.36. The number of hydrogen-bond acceptors (Lipinski definition) is 6. The summed E-state index contributed by atoms with van der Waals surface area (Å²) in [5, 5.41) is 14.1. The van der Waals surface area contributed by atoms with Crippen LogP contribution >= 0.6 is 11.6 Å². The number of benzene rings is 1. The van der Waals surface area contributed by atoms with Crippen LogP contribution in [0.3, 0.4) is 0 Å². The van der Waals surface area contributed by atoms with E-state index >= 15 is 0 Å². The molecule has 0 atom stereocenters. The Morgan fingerprint density at radius 1 is 1.30 bits per heavy atom. The third-order valence-electron chi connectivity index (χ3n) is 3.00. The molecule has 2 heterocycles. The second-order valence-electron chi connectivity index (χ2n) is 4.46. The van der Waals surface area contributed by atoms with Crippen molar-refractivity contribution in [2.75, 3.05) is 12.4 Å². The summed E-state index contributed by atoms with van der Waals surface area (Å²) in [6.45, 7) is 0. The summed E-state index contributed by atoms with van der Waals surface area (Å²) in [7, 11) is 1.52. The zero-order chi connectivity index (χ0) is 16.2. The number of ether oxygens (including phenoxy) is 1. The predicted molar refractivity (Wildman–Crippen MR) is 82.9 cm³/mol. The van der Waals surface area contributed by atoms with Crippen molar-refractivity contribution < 1.29 is 9.53 Å². The molecule has 116 valence electrons. The minimum Gasteiger partial charge on any atom is -0.481 e. The number of nitrogens with zero attached hydrogens (tertiary/aromatic N) is 5. The van der Waals surface area contributed by atoms with E-state index in [1.165, 1.54) is 24.3 Å². The number of methoxy groups -OCH3 is 1. The summed E-state index contributed by atoms with van der Waals surface area (Å²) in [4.78, 5) is 16.6. The van der Waals surface area contributed by atoms with Gasteiger partial charge >= 0.3 is 0 Å². The normalized spacial score (nSPS) is 10.3. The lowest BCUT2D eigenvalue weighted by atomic mass is 10.1. The highest BCUT2D eigenvalue weighted by molar-refractivity contribution is 6.31. The molecule has 0 spiro atoms. The molecule has 0 fully saturated rings. The lowest BCUT2D eigenvalue weighted by molar-refractivity contribution is 0.102. The maximum Gasteiger partial charge on any atom is 0.257 e. The Bertz CT molecular complexity index is 820. The van der Waals surface area contributed by atoms with E-state index < -0.39 is 0 Å². The molecule has 3 rings (SSSR count). The van der Waals surface area contributed by atoms with E-state index in [0.717, 1.165) is 0 Å². The molecule has 23 heavy (non-hydrogen) atoms. The van der Waals surface area contributed by atoms with Crippen LogP contribution in [0.15, 0.2) is 42.9 Å². The molecule has 0 radical (unpaired) electrons. The fraction of sp³-hybridized carbons (Fsp3) is 0.0714. The van der Waals surface area contributed by atoms with Crippen LogP contribution in [0.5, 0.6) is 5.88 Å². The first-order valence-corrected chi connectivity index (χ1v) is 6.89. The molecule has 0 unspecified atom stereocenters. The van der Waals surface area contributed by atoms with Crippen LogP contribution in [0.4, 0.5) is 5.69 Å². The van der Waals surface area contributed by atoms with Crippen LogP contribution < -0.4 is 10.1 Å². The van der Waals surface area contributed by atoms with Crippen LogP contribution in [0, 0.1) is 0 Å². The van der Waals surface area contributed by atoms with Gasteiger partial charge in [-0.1, -0.05) is 11.6 Å². The van der Waals surface area contributed by atoms with Crippen LogP contribution in [0.1, 0.15) is 10.4 Å². The van der Waals surface area contributed by atoms with Crippen molar-refractivity contribution in [2.24, 2.45) is 0 Å². The fourth-order valence-corrected chi connectivity index (χ4v) is 2.11. The maximum absolute atomic E-state index is 12.5. The fourth-order valence-electron chi connectivity index (χ4n) is 1.93. The molecule has 0 aliphatic heterocycles. The average molecular weight is 331 g/mol. The van der Waals surface area contributed by atoms with Crippen LogP contribution in [0.25, 0.3) is 5.69 Å². The Kier molecular flexibility index (Phi) is 4.15. The molecular weight excluding hydrogens is 320 g/mol. The number of amides is 1. The molecule has 1 aromatic carbocycles. The van der Waals surface area contributed by atoms with Crippen molar-refractivity contribution in [1.82, 2.24) is 25.2 Å². The highest BCUT2D eigenvalue weighted by Gasteiger charge is 2.15. The topological polar surface area (TPSA) is 94.8 Å². The number of pyridine rings is 1. The highest BCUT2D eigenvalue weighted by Crippen LogP contribution is 2.20. The number of halogens is 1. The van der Waals surface area contributed by atoms with Crippen LogP contribution in [0.2, 0.25) is 5.02 Å². The number of carbonyl (C=O) groups is 1. The molecule has 2 aromatic heterocycles. The molecule has 8 nitrogen and oxygen atoms in total. The van der Waals surface area contributed by atoms with Crippen molar-refractivity contribution in [3.05, 3.63) is 53.4 Å². The van der Waals surface area contributed by atoms with Gasteiger partial charge in [-0.3, -0.25) is 4.79 Å². The van der Waals surface area contributed by atoms with Crippen LogP contribution in [-0.2, 0) is 0 Å². The third kappa shape index (κ3) is 3.27. The largest absolute Gasteiger partial charge is 0.481 e. The van der Waals surface area contributed by atoms with Gasteiger partial charge in [-0.2, -0.15) is 4.68 Å². The SMILES string of the molecule is COc1ccc(NC(=O)c2cc(Cl)ccc2-n2cnnn2)cn1. The quantitative estimate of drug-likeness (QED) is 0.786. The van der Waals surface area contributed by atoms with Gasteiger partial charge in [0.1, 0.15) is 6.33 Å². The molecule has 0 bridgehead atoms. The van der Waals surface area contributed by atoms with Gasteiger partial charge in [0.15, 0.2) is 0 Å². The molecule has 3 aromatic rings. The number of nitrogens with one attached hydrogen (secondary N) is 1. The number of carbonyl (C=O) groups excluding carboxylic acids is 1. The molecule has 0 saturated carbocycles. The van der Waals surface area contributed by atoms with E-state index in [2.05, 4.69) is 25.8 Å². The third-order valence-corrected chi connectivity index (χ3v) is 3.24. The maximum atomic E-state index is 12.5. The smallest absolute Gasteiger partial charge is 0.257 e. The van der Waals surface area contributed by atoms with Gasteiger partial charge in [0.2, 0.25) is 5.88 Å². The van der Waals surface area contributed by atoms with E-state index in [-0.39, 0.29) is 5.91 Å². The lowest BCUT2D eigenvalue weighted by Gasteiger charge is -2.10. The molecule has 0 saturated heterocycles. The van der Waals surface area contributed by atoms with Gasteiger partial charge in [-0.05, 0) is 34.7 Å². The van der Waals surface area contributed by atoms with Gasteiger partial charge in [0, 0.05) is 11.1 Å². The van der Waals surface area contributed by atoms with Crippen molar-refractivity contribution in [1.29, 1.82) is 0 Å². The predicted octanol–water partition coefficient (Wildman–Crippen LogP) is 1.97. The minimum absolute atomic E-state index is 0.334. The summed E-state index contributed by atoms with van der Waals surface area (Å²) in [5.41, 5.74) is 1.37. The van der Waals surface area contributed by atoms with E-state index in [0.29, 0.717) is 27.8 Å². The molecule has 1 amide bonds. The van der Waals surface area contributed by atoms with E-state index in [4.69, 9.17) is 16.3 Å². The Morgan fingerprint density at radius 2 is 2.17 bits per heavy atom. The lowest BCUT2D eigenvalue weighted by Crippen LogP contribution is -2.15. The molecule has 0 aliphatic carbocycles. The standard InChI is InChI=1S/C14H11ClN6O2/c1-23-13-5-3-10(7-16-13)18-14(22)11-6-9(15)2-4-12(11)21-8-17-19-20-21/h2-8H,1H3,(H,18,22). The van der Waals surface area contributed by atoms with Crippen molar-refractivity contribution >= 4 is 23.2 Å². The van der Waals surface area contributed by atoms with Gasteiger partial charge in [0.05, 0.1) is 30.2 Å². The second kappa shape index (κ2) is 6.41. The first-order chi connectivity index (χ1) is 11.2. The summed E-state index contributed by atoms with van der Waals surface area (Å²) in [6.07, 6.45) is 2.90. The Balaban J connectivity index is 1.90. The van der Waals surface area contributed by atoms with Crippen molar-refractivity contribution in [2.45, 2.75) is 0 Å². The van der Waals surface area contributed by atoms with E-state index in [1.54, 1.807) is 30.3 Å². The van der Waals surface area contributed by atoms with Crippen LogP contribution in [-0.4, -0.2) is 38.2 Å². The molecule has 9 heteroatoms. The van der Waals surface area contributed by atoms with Gasteiger partial charge in [-0.25, -0.2) is 4.98 Å². The molecule has 1 N–H and O–H groups in total. The Labute approximate surface area is 136 Å². The average Bonchev–Trinajstić information content (AvgIpc) is 3.09. The summed E-state index contributed by atoms with van der Waals surface area (Å²) in [5.74, 6) is 0.102. The monoisotopic (exact) mass is 330 g/mol. The minimum atomic E-state index is -0.357. The Morgan fingerprint density at radius 3 is 2.83 bits per heavy atom. The number of rotatable bonds is 4. The Hall–Kier alpha value is -3.00. The molecule has 0 aliphatic rings. The highest BCUT2D eigenvalue weighted by atomic mass is 35.5. The zero-order valence-electron chi connectivity index (χ0n) is 12.0. The molecular formula is C14H11ClN6O2. The van der Waals surface area contributed by atoms with E-state index in [9.17, 15) is 4.79 Å². The van der Waals surface area contributed by atoms with Crippen molar-refractivity contribution in [3.63, 3.8) is 0 Å². The van der Waals surface area contributed by atoms with Gasteiger partial charge in [-0.15, -0.1) is 5.10 Å². The first-order valence-electron chi connectivity index (χ1n) is 6.51. The van der Waals surface area contributed by atoms with Gasteiger partial charge in [0.25, 0.3) is 5.91 Å². The summed E-state index contributed by atoms with van der Waals surface area (Å²) >= 11 is 6.00. The van der Waals surface area contributed by atoms with Gasteiger partial charge < -0.3 is 10.1 Å². The second-order valence-corrected chi connectivity index (χ2v) is 4.90. The number of anilines is 1. The number of tetrazole rings is 1. The zero-order valence-corrected chi connectivity index (χ0v) is 12.7. The number of hydrogen-bond donors (Lipinski definition) is 1. The van der Waals surface area contributed by atoms with E-state index in [1.807, 2.05) is 0 Å². The summed E-state index contributed by atoms with van der Waals surface area (Å²) in [6, 6.07) is 8.20. The van der Waals surface area contributed by atoms with Crippen molar-refractivity contribution in [3.8, 4) is 11.6 Å². The first kappa shape index (κ1) is 14.9. The number of aromatic nitrogens is 5.